The van der Waals surface area contributed by atoms with Crippen LogP contribution in [0.2, 0.25) is 0 Å². The van der Waals surface area contributed by atoms with E-state index in [1.54, 1.807) is 24.3 Å². The topological polar surface area (TPSA) is 40.5 Å². The Labute approximate surface area is 222 Å². The first-order chi connectivity index (χ1) is 18.7. The second-order valence-electron chi connectivity index (χ2n) is 9.35. The molecule has 2 nitrogen and oxygen atoms in total. The summed E-state index contributed by atoms with van der Waals surface area (Å²) < 4.78 is 0. The van der Waals surface area contributed by atoms with Gasteiger partial charge in [0.1, 0.15) is 11.5 Å². The molecule has 0 saturated carbocycles. The van der Waals surface area contributed by atoms with E-state index < -0.39 is 0 Å². The largest absolute Gasteiger partial charge is 0.508 e. The highest BCUT2D eigenvalue weighted by atomic mass is 16.3. The number of phenols is 2. The highest BCUT2D eigenvalue weighted by Gasteiger charge is 2.15. The third kappa shape index (κ3) is 4.68. The molecule has 0 aliphatic rings. The van der Waals surface area contributed by atoms with Gasteiger partial charge in [-0.2, -0.15) is 0 Å². The molecule has 0 fully saturated rings. The summed E-state index contributed by atoms with van der Waals surface area (Å²) >= 11 is 0. The molecule has 0 aliphatic carbocycles. The van der Waals surface area contributed by atoms with Crippen LogP contribution in [-0.4, -0.2) is 10.2 Å². The van der Waals surface area contributed by atoms with Gasteiger partial charge in [-0.15, -0.1) is 0 Å². The summed E-state index contributed by atoms with van der Waals surface area (Å²) in [6.07, 6.45) is 8.49. The van der Waals surface area contributed by atoms with Gasteiger partial charge >= 0.3 is 0 Å². The summed E-state index contributed by atoms with van der Waals surface area (Å²) in [5.41, 5.74) is 6.64. The Morgan fingerprint density at radius 2 is 0.763 bits per heavy atom. The Morgan fingerprint density at radius 3 is 1.18 bits per heavy atom. The molecule has 0 atom stereocenters. The Balaban J connectivity index is 1.60. The molecular formula is C36H26O2. The zero-order valence-electron chi connectivity index (χ0n) is 20.8. The molecule has 0 radical (unpaired) electrons. The van der Waals surface area contributed by atoms with Crippen LogP contribution in [0, 0.1) is 0 Å². The minimum Gasteiger partial charge on any atom is -0.508 e. The quantitative estimate of drug-likeness (QED) is 0.236. The summed E-state index contributed by atoms with van der Waals surface area (Å²) in [4.78, 5) is 0. The van der Waals surface area contributed by atoms with Crippen LogP contribution in [0.15, 0.2) is 121 Å². The number of hydrogen-bond acceptors (Lipinski definition) is 2. The van der Waals surface area contributed by atoms with Crippen LogP contribution in [0.3, 0.4) is 0 Å². The van der Waals surface area contributed by atoms with Crippen LogP contribution in [0.1, 0.15) is 22.3 Å². The summed E-state index contributed by atoms with van der Waals surface area (Å²) in [5.74, 6) is 0.517. The van der Waals surface area contributed by atoms with Crippen LogP contribution in [0.4, 0.5) is 0 Å². The molecule has 182 valence electrons. The number of benzene rings is 6. The molecule has 0 aliphatic heterocycles. The molecule has 2 N–H and O–H groups in total. The van der Waals surface area contributed by atoms with Crippen LogP contribution < -0.4 is 0 Å². The lowest BCUT2D eigenvalue weighted by Gasteiger charge is -2.17. The predicted molar refractivity (Wildman–Crippen MR) is 161 cm³/mol. The third-order valence-corrected chi connectivity index (χ3v) is 6.87. The van der Waals surface area contributed by atoms with Gasteiger partial charge in [0.05, 0.1) is 0 Å². The number of hydrogen-bond donors (Lipinski definition) is 2. The van der Waals surface area contributed by atoms with Gasteiger partial charge in [-0.05, 0) is 79.2 Å². The van der Waals surface area contributed by atoms with E-state index in [0.29, 0.717) is 0 Å². The molecule has 0 bridgehead atoms. The summed E-state index contributed by atoms with van der Waals surface area (Å²) in [6.45, 7) is 0. The zero-order chi connectivity index (χ0) is 25.9. The first-order valence-electron chi connectivity index (χ1n) is 12.6. The first-order valence-corrected chi connectivity index (χ1v) is 12.6. The molecule has 0 amide bonds. The van der Waals surface area contributed by atoms with Crippen molar-refractivity contribution >= 4 is 45.8 Å². The summed E-state index contributed by atoms with van der Waals surface area (Å²) in [7, 11) is 0. The minimum absolute atomic E-state index is 0.259. The maximum Gasteiger partial charge on any atom is 0.115 e. The van der Waals surface area contributed by atoms with E-state index in [1.165, 1.54) is 32.7 Å². The van der Waals surface area contributed by atoms with Crippen molar-refractivity contribution in [1.29, 1.82) is 0 Å². The van der Waals surface area contributed by atoms with Crippen LogP contribution in [0.25, 0.3) is 57.0 Å². The smallest absolute Gasteiger partial charge is 0.115 e. The molecule has 6 rings (SSSR count). The SMILES string of the molecule is Oc1ccc(/C=C\c2ccc3ccccc3c2-c2c(/C=C\c3ccc(O)cc3)ccc3ccccc23)cc1. The van der Waals surface area contributed by atoms with Crippen molar-refractivity contribution in [3.05, 3.63) is 144 Å². The third-order valence-electron chi connectivity index (χ3n) is 6.87. The number of phenolic OH excluding ortho intramolecular Hbond substituents is 2. The van der Waals surface area contributed by atoms with E-state index >= 15 is 0 Å². The van der Waals surface area contributed by atoms with E-state index in [0.717, 1.165) is 22.3 Å². The van der Waals surface area contributed by atoms with E-state index in [2.05, 4.69) is 97.1 Å². The molecule has 0 spiro atoms. The van der Waals surface area contributed by atoms with Crippen molar-refractivity contribution < 1.29 is 10.2 Å². The minimum atomic E-state index is 0.259. The molecule has 0 heterocycles. The lowest BCUT2D eigenvalue weighted by atomic mass is 9.86. The van der Waals surface area contributed by atoms with Crippen molar-refractivity contribution in [2.45, 2.75) is 0 Å². The standard InChI is InChI=1S/C36H26O2/c37-31-21-11-25(12-22-31)9-15-29-19-17-27-5-1-3-7-33(27)35(29)36-30(16-10-26-13-23-32(38)24-14-26)20-18-28-6-2-4-8-34(28)36/h1-24,37-38H/b15-9-,16-10-. The Morgan fingerprint density at radius 1 is 0.368 bits per heavy atom. The average Bonchev–Trinajstić information content (AvgIpc) is 2.96. The normalized spacial score (nSPS) is 11.7. The first kappa shape index (κ1) is 23.3. The summed E-state index contributed by atoms with van der Waals surface area (Å²) in [5, 5.41) is 24.1. The fourth-order valence-corrected chi connectivity index (χ4v) is 4.96. The molecule has 0 unspecified atom stereocenters. The molecule has 6 aromatic carbocycles. The Kier molecular flexibility index (Phi) is 6.21. The van der Waals surface area contributed by atoms with Gasteiger partial charge in [-0.3, -0.25) is 0 Å². The van der Waals surface area contributed by atoms with Gasteiger partial charge in [0.2, 0.25) is 0 Å². The van der Waals surface area contributed by atoms with Gasteiger partial charge in [0.25, 0.3) is 0 Å². The molecule has 0 saturated heterocycles. The highest BCUT2D eigenvalue weighted by Crippen LogP contribution is 2.40. The Hall–Kier alpha value is -5.08. The zero-order valence-corrected chi connectivity index (χ0v) is 20.8. The van der Waals surface area contributed by atoms with Crippen LogP contribution in [0.5, 0.6) is 11.5 Å². The molecular weight excluding hydrogens is 464 g/mol. The van der Waals surface area contributed by atoms with Crippen LogP contribution >= 0.6 is 0 Å². The second kappa shape index (κ2) is 10.1. The van der Waals surface area contributed by atoms with Crippen molar-refractivity contribution in [3.63, 3.8) is 0 Å². The van der Waals surface area contributed by atoms with E-state index in [-0.39, 0.29) is 11.5 Å². The maximum atomic E-state index is 9.69. The second-order valence-corrected chi connectivity index (χ2v) is 9.35. The van der Waals surface area contributed by atoms with Gasteiger partial charge in [-0.1, -0.05) is 121 Å². The van der Waals surface area contributed by atoms with E-state index in [1.807, 2.05) is 24.3 Å². The van der Waals surface area contributed by atoms with Crippen LogP contribution in [-0.2, 0) is 0 Å². The van der Waals surface area contributed by atoms with Gasteiger partial charge < -0.3 is 10.2 Å². The number of rotatable bonds is 5. The summed E-state index contributed by atoms with van der Waals surface area (Å²) in [6, 6.07) is 40.2. The van der Waals surface area contributed by atoms with E-state index in [4.69, 9.17) is 0 Å². The fourth-order valence-electron chi connectivity index (χ4n) is 4.96. The molecule has 0 aromatic heterocycles. The van der Waals surface area contributed by atoms with Crippen molar-refractivity contribution in [2.75, 3.05) is 0 Å². The molecule has 6 aromatic rings. The monoisotopic (exact) mass is 490 g/mol. The molecule has 38 heavy (non-hydrogen) atoms. The van der Waals surface area contributed by atoms with Crippen molar-refractivity contribution in [3.8, 4) is 22.6 Å². The lowest BCUT2D eigenvalue weighted by Crippen LogP contribution is -1.92. The highest BCUT2D eigenvalue weighted by molar-refractivity contribution is 6.11. The van der Waals surface area contributed by atoms with Crippen molar-refractivity contribution in [1.82, 2.24) is 0 Å². The average molecular weight is 491 g/mol. The van der Waals surface area contributed by atoms with E-state index in [9.17, 15) is 10.2 Å². The lowest BCUT2D eigenvalue weighted by molar-refractivity contribution is 0.474. The fraction of sp³-hybridized carbons (Fsp3) is 0. The number of fused-ring (bicyclic) bond motifs is 2. The van der Waals surface area contributed by atoms with Crippen molar-refractivity contribution in [2.24, 2.45) is 0 Å². The van der Waals surface area contributed by atoms with Gasteiger partial charge in [0, 0.05) is 0 Å². The maximum absolute atomic E-state index is 9.69. The predicted octanol–water partition coefficient (Wildman–Crippen LogP) is 9.41. The van der Waals surface area contributed by atoms with Gasteiger partial charge in [-0.25, -0.2) is 0 Å². The molecule has 2 heteroatoms. The van der Waals surface area contributed by atoms with Gasteiger partial charge in [0.15, 0.2) is 0 Å². The number of aromatic hydroxyl groups is 2. The Bertz CT molecular complexity index is 1670.